The van der Waals surface area contributed by atoms with Crippen LogP contribution in [0.3, 0.4) is 0 Å². The third-order valence-corrected chi connectivity index (χ3v) is 7.30. The van der Waals surface area contributed by atoms with Crippen LogP contribution in [0.2, 0.25) is 5.02 Å². The Morgan fingerprint density at radius 1 is 1.16 bits per heavy atom. The molecule has 3 atom stereocenters. The quantitative estimate of drug-likeness (QED) is 0.643. The molecule has 3 rings (SSSR count). The van der Waals surface area contributed by atoms with Crippen LogP contribution in [-0.2, 0) is 15.2 Å². The maximum atomic E-state index is 13.4. The van der Waals surface area contributed by atoms with Crippen LogP contribution in [0.1, 0.15) is 58.9 Å². The van der Waals surface area contributed by atoms with Gasteiger partial charge in [0, 0.05) is 29.4 Å². The molecule has 1 aliphatic carbocycles. The molecule has 6 nitrogen and oxygen atoms in total. The lowest BCUT2D eigenvalue weighted by atomic mass is 9.65. The number of nitrogens with one attached hydrogen (secondary N) is 1. The van der Waals surface area contributed by atoms with Crippen LogP contribution in [0.5, 0.6) is 0 Å². The van der Waals surface area contributed by atoms with Gasteiger partial charge in [-0.3, -0.25) is 9.59 Å². The van der Waals surface area contributed by atoms with Gasteiger partial charge >= 0.3 is 0 Å². The van der Waals surface area contributed by atoms with E-state index in [1.165, 1.54) is 0 Å². The number of nitrogens with zero attached hydrogens (tertiary/aromatic N) is 1. The largest absolute Gasteiger partial charge is 0.388 e. The molecule has 1 saturated heterocycles. The van der Waals surface area contributed by atoms with Crippen molar-refractivity contribution >= 4 is 23.4 Å². The van der Waals surface area contributed by atoms with Crippen molar-refractivity contribution in [2.75, 3.05) is 13.1 Å². The minimum atomic E-state index is -1.53. The zero-order valence-corrected chi connectivity index (χ0v) is 19.7. The molecular weight excluding hydrogens is 416 g/mol. The van der Waals surface area contributed by atoms with Crippen LogP contribution < -0.4 is 5.32 Å². The molecule has 7 heteroatoms. The number of benzene rings is 1. The van der Waals surface area contributed by atoms with Crippen LogP contribution in [-0.4, -0.2) is 52.2 Å². The molecule has 1 aromatic rings. The Labute approximate surface area is 190 Å². The molecule has 2 fully saturated rings. The van der Waals surface area contributed by atoms with Crippen molar-refractivity contribution in [2.24, 2.45) is 17.3 Å². The van der Waals surface area contributed by atoms with E-state index in [1.807, 2.05) is 27.7 Å². The summed E-state index contributed by atoms with van der Waals surface area (Å²) in [6, 6.07) is 6.14. The number of piperidine rings is 1. The van der Waals surface area contributed by atoms with Crippen molar-refractivity contribution in [2.45, 2.75) is 71.1 Å². The third-order valence-electron chi connectivity index (χ3n) is 7.05. The number of likely N-dealkylation sites (tertiary alicyclic amines) is 1. The Kier molecular flexibility index (Phi) is 7.04. The van der Waals surface area contributed by atoms with E-state index in [2.05, 4.69) is 5.32 Å². The van der Waals surface area contributed by atoms with Crippen molar-refractivity contribution in [3.63, 3.8) is 0 Å². The second-order valence-electron chi connectivity index (χ2n) is 10.1. The number of halogens is 1. The molecule has 1 unspecified atom stereocenters. The highest BCUT2D eigenvalue weighted by Crippen LogP contribution is 2.46. The average Bonchev–Trinajstić information content (AvgIpc) is 3.24. The van der Waals surface area contributed by atoms with E-state index in [9.17, 15) is 19.8 Å². The van der Waals surface area contributed by atoms with Crippen molar-refractivity contribution in [1.82, 2.24) is 10.2 Å². The van der Waals surface area contributed by atoms with Crippen molar-refractivity contribution < 1.29 is 19.8 Å². The molecule has 1 aromatic carbocycles. The lowest BCUT2D eigenvalue weighted by Crippen LogP contribution is -2.66. The number of aliphatic hydroxyl groups is 2. The summed E-state index contributed by atoms with van der Waals surface area (Å²) in [5.41, 5.74) is -1.80. The highest BCUT2D eigenvalue weighted by molar-refractivity contribution is 6.30. The summed E-state index contributed by atoms with van der Waals surface area (Å²) in [5.74, 6) is -0.381. The van der Waals surface area contributed by atoms with E-state index in [-0.39, 0.29) is 36.7 Å². The minimum absolute atomic E-state index is 0.0100. The fourth-order valence-electron chi connectivity index (χ4n) is 5.08. The van der Waals surface area contributed by atoms with E-state index in [0.717, 1.165) is 25.7 Å². The fourth-order valence-corrected chi connectivity index (χ4v) is 5.20. The Bertz CT molecular complexity index is 804. The van der Waals surface area contributed by atoms with Gasteiger partial charge in [-0.2, -0.15) is 0 Å². The third kappa shape index (κ3) is 4.62. The van der Waals surface area contributed by atoms with E-state index >= 15 is 0 Å². The maximum absolute atomic E-state index is 13.4. The molecule has 0 bridgehead atoms. The van der Waals surface area contributed by atoms with Gasteiger partial charge in [0.25, 0.3) is 0 Å². The number of amides is 2. The van der Waals surface area contributed by atoms with Gasteiger partial charge < -0.3 is 20.4 Å². The van der Waals surface area contributed by atoms with Gasteiger partial charge in [0.2, 0.25) is 11.8 Å². The smallest absolute Gasteiger partial charge is 0.245 e. The van der Waals surface area contributed by atoms with Gasteiger partial charge in [0.05, 0.1) is 0 Å². The number of aliphatic hydroxyl groups excluding tert-OH is 1. The fraction of sp³-hybridized carbons (Fsp3) is 0.667. The van der Waals surface area contributed by atoms with Gasteiger partial charge in [-0.1, -0.05) is 64.3 Å². The van der Waals surface area contributed by atoms with E-state index in [1.54, 1.807) is 29.2 Å². The topological polar surface area (TPSA) is 89.9 Å². The first-order valence-electron chi connectivity index (χ1n) is 11.2. The lowest BCUT2D eigenvalue weighted by molar-refractivity contribution is -0.200. The summed E-state index contributed by atoms with van der Waals surface area (Å²) in [6.07, 6.45) is 2.66. The van der Waals surface area contributed by atoms with Gasteiger partial charge in [0.1, 0.15) is 17.7 Å². The molecule has 31 heavy (non-hydrogen) atoms. The molecule has 0 spiro atoms. The monoisotopic (exact) mass is 450 g/mol. The summed E-state index contributed by atoms with van der Waals surface area (Å²) in [7, 11) is 0. The number of rotatable bonds is 5. The van der Waals surface area contributed by atoms with Crippen molar-refractivity contribution in [3.8, 4) is 0 Å². The molecule has 2 amide bonds. The van der Waals surface area contributed by atoms with Gasteiger partial charge in [-0.25, -0.2) is 0 Å². The highest BCUT2D eigenvalue weighted by atomic mass is 35.5. The predicted octanol–water partition coefficient (Wildman–Crippen LogP) is 3.09. The number of carbonyl (C=O) groups excluding carboxylic acids is 2. The molecule has 0 radical (unpaired) electrons. The number of hydrogen-bond donors (Lipinski definition) is 3. The summed E-state index contributed by atoms with van der Waals surface area (Å²) in [5, 5.41) is 26.1. The normalized spacial score (nSPS) is 27.4. The summed E-state index contributed by atoms with van der Waals surface area (Å²) in [4.78, 5) is 27.7. The SMILES string of the molecule is CC(C)C(NC(=O)C1CCCC1)C(=O)N1C[C@H](O)[C@@](O)(c2ccc(Cl)cc2)C(C)(C)C1. The molecule has 0 aromatic heterocycles. The number of carbonyl (C=O) groups is 2. The first-order chi connectivity index (χ1) is 14.5. The van der Waals surface area contributed by atoms with E-state index in [0.29, 0.717) is 10.6 Å². The van der Waals surface area contributed by atoms with E-state index in [4.69, 9.17) is 11.6 Å². The average molecular weight is 451 g/mol. The first kappa shape index (κ1) is 24.0. The van der Waals surface area contributed by atoms with Gasteiger partial charge in [0.15, 0.2) is 0 Å². The summed E-state index contributed by atoms with van der Waals surface area (Å²) >= 11 is 5.99. The van der Waals surface area contributed by atoms with Crippen LogP contribution >= 0.6 is 11.6 Å². The molecule has 3 N–H and O–H groups in total. The Hall–Kier alpha value is -1.63. The number of β-amino-alcohol motifs (C(OH)–C–C–N with tert-alkyl or cyclic N) is 1. The molecule has 1 aliphatic heterocycles. The first-order valence-corrected chi connectivity index (χ1v) is 11.6. The standard InChI is InChI=1S/C24H35ClN2O4/c1-15(2)20(26-21(29)16-7-5-6-8-16)22(30)27-13-19(28)24(31,23(3,4)14-27)17-9-11-18(25)12-10-17/h9-12,15-16,19-20,28,31H,5-8,13-14H2,1-4H3,(H,26,29)/t19-,20?,24-/m0/s1. The second-order valence-corrected chi connectivity index (χ2v) is 10.5. The van der Waals surface area contributed by atoms with E-state index < -0.39 is 23.2 Å². The Balaban J connectivity index is 1.79. The zero-order chi connectivity index (χ0) is 23.0. The lowest BCUT2D eigenvalue weighted by Gasteiger charge is -2.53. The zero-order valence-electron chi connectivity index (χ0n) is 18.9. The highest BCUT2D eigenvalue weighted by Gasteiger charge is 2.55. The van der Waals surface area contributed by atoms with Gasteiger partial charge in [-0.05, 0) is 36.5 Å². The Morgan fingerprint density at radius 3 is 2.26 bits per heavy atom. The van der Waals surface area contributed by atoms with Crippen LogP contribution in [0.25, 0.3) is 0 Å². The van der Waals surface area contributed by atoms with Gasteiger partial charge in [-0.15, -0.1) is 0 Å². The minimum Gasteiger partial charge on any atom is -0.388 e. The van der Waals surface area contributed by atoms with Crippen LogP contribution in [0, 0.1) is 17.3 Å². The Morgan fingerprint density at radius 2 is 1.74 bits per heavy atom. The molecule has 2 aliphatic rings. The van der Waals surface area contributed by atoms with Crippen molar-refractivity contribution in [3.05, 3.63) is 34.9 Å². The van der Waals surface area contributed by atoms with Crippen LogP contribution in [0.15, 0.2) is 24.3 Å². The summed E-state index contributed by atoms with van der Waals surface area (Å²) < 4.78 is 0. The number of hydrogen-bond acceptors (Lipinski definition) is 4. The molecule has 172 valence electrons. The predicted molar refractivity (Wildman–Crippen MR) is 120 cm³/mol. The van der Waals surface area contributed by atoms with Crippen LogP contribution in [0.4, 0.5) is 0 Å². The molecule has 1 saturated carbocycles. The maximum Gasteiger partial charge on any atom is 0.245 e. The van der Waals surface area contributed by atoms with Crippen molar-refractivity contribution in [1.29, 1.82) is 0 Å². The molecule has 1 heterocycles. The second kappa shape index (κ2) is 9.08. The molecular formula is C24H35ClN2O4. The summed E-state index contributed by atoms with van der Waals surface area (Å²) in [6.45, 7) is 7.74.